The minimum atomic E-state index is -0.796. The number of hydrogen-bond donors (Lipinski definition) is 3. The summed E-state index contributed by atoms with van der Waals surface area (Å²) in [5, 5.41) is 7.34. The molecule has 22 heavy (non-hydrogen) atoms. The number of hydrogen-bond acceptors (Lipinski definition) is 3. The summed E-state index contributed by atoms with van der Waals surface area (Å²) in [5.41, 5.74) is 13.5. The van der Waals surface area contributed by atoms with Gasteiger partial charge >= 0.3 is 0 Å². The monoisotopic (exact) mass is 316 g/mol. The van der Waals surface area contributed by atoms with Crippen LogP contribution in [0.1, 0.15) is 22.7 Å². The van der Waals surface area contributed by atoms with E-state index in [1.165, 1.54) is 0 Å². The SMILES string of the molecule is N=C(N)c1ccc(CN(Cl)C(=O)C(N)c2ccccc2)cc1. The third kappa shape index (κ3) is 3.84. The Labute approximate surface area is 134 Å². The lowest BCUT2D eigenvalue weighted by molar-refractivity contribution is -0.128. The van der Waals surface area contributed by atoms with E-state index in [0.29, 0.717) is 11.1 Å². The number of nitrogens with one attached hydrogen (secondary N) is 1. The lowest BCUT2D eigenvalue weighted by Gasteiger charge is -2.19. The van der Waals surface area contributed by atoms with Crippen molar-refractivity contribution in [3.05, 3.63) is 71.3 Å². The smallest absolute Gasteiger partial charge is 0.258 e. The van der Waals surface area contributed by atoms with Crippen molar-refractivity contribution in [1.29, 1.82) is 5.41 Å². The van der Waals surface area contributed by atoms with E-state index in [2.05, 4.69) is 0 Å². The van der Waals surface area contributed by atoms with Gasteiger partial charge < -0.3 is 11.5 Å². The van der Waals surface area contributed by atoms with Gasteiger partial charge in [-0.1, -0.05) is 54.6 Å². The Morgan fingerprint density at radius 3 is 2.27 bits per heavy atom. The number of nitrogen functional groups attached to an aromatic ring is 1. The third-order valence-electron chi connectivity index (χ3n) is 3.25. The number of amides is 1. The molecule has 0 aromatic heterocycles. The Hall–Kier alpha value is -2.37. The van der Waals surface area contributed by atoms with Crippen molar-refractivity contribution in [3.63, 3.8) is 0 Å². The molecule has 0 aliphatic heterocycles. The molecule has 2 rings (SSSR count). The van der Waals surface area contributed by atoms with Gasteiger partial charge in [-0.3, -0.25) is 10.2 Å². The first-order chi connectivity index (χ1) is 10.5. The molecular formula is C16H17ClN4O. The first kappa shape index (κ1) is 16.0. The van der Waals surface area contributed by atoms with Gasteiger partial charge in [-0.15, -0.1) is 0 Å². The quantitative estimate of drug-likeness (QED) is 0.448. The number of halogens is 1. The largest absolute Gasteiger partial charge is 0.384 e. The highest BCUT2D eigenvalue weighted by molar-refractivity contribution is 6.21. The van der Waals surface area contributed by atoms with Gasteiger partial charge in [0.05, 0.1) is 6.54 Å². The number of rotatable bonds is 5. The summed E-state index contributed by atoms with van der Waals surface area (Å²) in [7, 11) is 0. The zero-order chi connectivity index (χ0) is 16.1. The maximum absolute atomic E-state index is 12.2. The van der Waals surface area contributed by atoms with Gasteiger partial charge in [0.2, 0.25) is 0 Å². The number of carbonyl (C=O) groups is 1. The second-order valence-corrected chi connectivity index (χ2v) is 5.27. The van der Waals surface area contributed by atoms with Crippen molar-refractivity contribution in [1.82, 2.24) is 4.42 Å². The van der Waals surface area contributed by atoms with Crippen LogP contribution in [0.2, 0.25) is 0 Å². The Kier molecular flexibility index (Phi) is 5.14. The highest BCUT2D eigenvalue weighted by atomic mass is 35.5. The van der Waals surface area contributed by atoms with Gasteiger partial charge in [0.25, 0.3) is 5.91 Å². The summed E-state index contributed by atoms with van der Waals surface area (Å²) in [4.78, 5) is 12.2. The Morgan fingerprint density at radius 1 is 1.14 bits per heavy atom. The fourth-order valence-corrected chi connectivity index (χ4v) is 2.22. The van der Waals surface area contributed by atoms with Crippen LogP contribution in [0.3, 0.4) is 0 Å². The van der Waals surface area contributed by atoms with Gasteiger partial charge in [0.1, 0.15) is 11.9 Å². The first-order valence-corrected chi connectivity index (χ1v) is 7.04. The number of carbonyl (C=O) groups excluding carboxylic acids is 1. The van der Waals surface area contributed by atoms with Crippen molar-refractivity contribution in [2.75, 3.05) is 0 Å². The molecule has 0 fully saturated rings. The lowest BCUT2D eigenvalue weighted by atomic mass is 10.1. The Morgan fingerprint density at radius 2 is 1.73 bits per heavy atom. The van der Waals surface area contributed by atoms with E-state index in [9.17, 15) is 4.79 Å². The van der Waals surface area contributed by atoms with Gasteiger partial charge in [0, 0.05) is 17.3 Å². The summed E-state index contributed by atoms with van der Waals surface area (Å²) >= 11 is 6.05. The van der Waals surface area contributed by atoms with Crippen LogP contribution in [0.4, 0.5) is 0 Å². The third-order valence-corrected chi connectivity index (χ3v) is 3.54. The Balaban J connectivity index is 2.03. The van der Waals surface area contributed by atoms with Crippen LogP contribution in [0.5, 0.6) is 0 Å². The summed E-state index contributed by atoms with van der Waals surface area (Å²) in [6.07, 6.45) is 0. The molecule has 0 heterocycles. The first-order valence-electron chi connectivity index (χ1n) is 6.70. The zero-order valence-electron chi connectivity index (χ0n) is 11.9. The van der Waals surface area contributed by atoms with Gasteiger partial charge in [-0.2, -0.15) is 0 Å². The van der Waals surface area contributed by atoms with Crippen LogP contribution < -0.4 is 11.5 Å². The normalized spacial score (nSPS) is 11.7. The van der Waals surface area contributed by atoms with E-state index in [-0.39, 0.29) is 18.3 Å². The Bertz CT molecular complexity index is 658. The van der Waals surface area contributed by atoms with Crippen molar-refractivity contribution < 1.29 is 4.79 Å². The van der Waals surface area contributed by atoms with Crippen LogP contribution in [-0.2, 0) is 11.3 Å². The van der Waals surface area contributed by atoms with Gasteiger partial charge in [-0.05, 0) is 11.1 Å². The minimum absolute atomic E-state index is 0.00328. The number of nitrogens with two attached hydrogens (primary N) is 2. The summed E-state index contributed by atoms with van der Waals surface area (Å²) in [6.45, 7) is 0.221. The predicted molar refractivity (Wildman–Crippen MR) is 87.2 cm³/mol. The molecule has 0 saturated carbocycles. The standard InChI is InChI=1S/C16H17ClN4O/c17-21(10-11-6-8-13(9-7-11)15(19)20)16(22)14(18)12-4-2-1-3-5-12/h1-9,14H,10,18H2,(H3,19,20). The number of benzene rings is 2. The summed E-state index contributed by atoms with van der Waals surface area (Å²) in [5.74, 6) is -0.375. The van der Waals surface area contributed by atoms with Crippen molar-refractivity contribution in [3.8, 4) is 0 Å². The predicted octanol–water partition coefficient (Wildman–Crippen LogP) is 2.15. The molecule has 0 spiro atoms. The second kappa shape index (κ2) is 7.06. The molecule has 0 bridgehead atoms. The molecule has 2 aromatic rings. The molecular weight excluding hydrogens is 300 g/mol. The van der Waals surface area contributed by atoms with E-state index in [1.54, 1.807) is 36.4 Å². The van der Waals surface area contributed by atoms with E-state index < -0.39 is 6.04 Å². The fourth-order valence-electron chi connectivity index (χ4n) is 1.98. The van der Waals surface area contributed by atoms with Crippen molar-refractivity contribution >= 4 is 23.5 Å². The van der Waals surface area contributed by atoms with Crippen molar-refractivity contribution in [2.45, 2.75) is 12.6 Å². The maximum Gasteiger partial charge on any atom is 0.258 e. The molecule has 0 aliphatic carbocycles. The van der Waals surface area contributed by atoms with Crippen LogP contribution in [0.15, 0.2) is 54.6 Å². The van der Waals surface area contributed by atoms with Gasteiger partial charge in [-0.25, -0.2) is 4.42 Å². The van der Waals surface area contributed by atoms with Crippen LogP contribution in [0.25, 0.3) is 0 Å². The minimum Gasteiger partial charge on any atom is -0.384 e. The molecule has 5 N–H and O–H groups in total. The molecule has 1 atom stereocenters. The highest BCUT2D eigenvalue weighted by Crippen LogP contribution is 2.17. The molecule has 2 aromatic carbocycles. The van der Waals surface area contributed by atoms with Crippen LogP contribution in [-0.4, -0.2) is 16.2 Å². The van der Waals surface area contributed by atoms with Crippen molar-refractivity contribution in [2.24, 2.45) is 11.5 Å². The van der Waals surface area contributed by atoms with E-state index >= 15 is 0 Å². The van der Waals surface area contributed by atoms with Crippen LogP contribution in [0, 0.1) is 5.41 Å². The second-order valence-electron chi connectivity index (χ2n) is 4.86. The summed E-state index contributed by atoms with van der Waals surface area (Å²) in [6, 6.07) is 15.2. The van der Waals surface area contributed by atoms with E-state index in [1.807, 2.05) is 18.2 Å². The number of amidine groups is 1. The molecule has 6 heteroatoms. The van der Waals surface area contributed by atoms with E-state index in [4.69, 9.17) is 28.7 Å². The molecule has 0 aliphatic rings. The highest BCUT2D eigenvalue weighted by Gasteiger charge is 2.21. The zero-order valence-corrected chi connectivity index (χ0v) is 12.6. The average molecular weight is 317 g/mol. The fraction of sp³-hybridized carbons (Fsp3) is 0.125. The lowest BCUT2D eigenvalue weighted by Crippen LogP contribution is -2.32. The topological polar surface area (TPSA) is 96.2 Å². The molecule has 0 radical (unpaired) electrons. The molecule has 1 unspecified atom stereocenters. The summed E-state index contributed by atoms with van der Waals surface area (Å²) < 4.78 is 1.07. The molecule has 5 nitrogen and oxygen atoms in total. The van der Waals surface area contributed by atoms with Gasteiger partial charge in [0.15, 0.2) is 0 Å². The van der Waals surface area contributed by atoms with Crippen LogP contribution >= 0.6 is 11.8 Å². The molecule has 1 amide bonds. The maximum atomic E-state index is 12.2. The average Bonchev–Trinajstić information content (AvgIpc) is 2.54. The molecule has 0 saturated heterocycles. The number of nitrogens with zero attached hydrogens (tertiary/aromatic N) is 1. The van der Waals surface area contributed by atoms with E-state index in [0.717, 1.165) is 9.98 Å². The molecule has 114 valence electrons.